The standard InChI is InChI=1S/C22H26N4O2/c1-3-4-5-16-14-26(17-7-8-23-12-17)21-11-20(25-13-18(16)21)19-10-15(6-9-24-19)22(27)28-2/h6,9-11,13-14,17,23H,3-5,7-8,12H2,1-2H3. The van der Waals surface area contributed by atoms with Gasteiger partial charge in [-0.1, -0.05) is 13.3 Å². The lowest BCUT2D eigenvalue weighted by Gasteiger charge is -2.13. The van der Waals surface area contributed by atoms with E-state index < -0.39 is 0 Å². The largest absolute Gasteiger partial charge is 0.465 e. The van der Waals surface area contributed by atoms with Crippen molar-refractivity contribution in [1.29, 1.82) is 0 Å². The normalized spacial score (nSPS) is 16.6. The van der Waals surface area contributed by atoms with Crippen LogP contribution in [0.25, 0.3) is 22.3 Å². The third-order valence-electron chi connectivity index (χ3n) is 5.47. The maximum Gasteiger partial charge on any atom is 0.337 e. The van der Waals surface area contributed by atoms with Gasteiger partial charge in [0.25, 0.3) is 0 Å². The van der Waals surface area contributed by atoms with E-state index in [0.29, 0.717) is 17.3 Å². The first-order valence-electron chi connectivity index (χ1n) is 9.96. The number of aryl methyl sites for hydroxylation is 1. The van der Waals surface area contributed by atoms with Crippen LogP contribution in [0.15, 0.2) is 36.8 Å². The number of pyridine rings is 2. The Labute approximate surface area is 164 Å². The number of rotatable bonds is 6. The number of carbonyl (C=O) groups is 1. The van der Waals surface area contributed by atoms with Crippen LogP contribution in [0.5, 0.6) is 0 Å². The molecule has 1 aliphatic rings. The molecule has 3 aromatic rings. The number of methoxy groups -OCH3 is 1. The Morgan fingerprint density at radius 1 is 1.32 bits per heavy atom. The second-order valence-corrected chi connectivity index (χ2v) is 7.32. The molecular weight excluding hydrogens is 352 g/mol. The fraction of sp³-hybridized carbons (Fsp3) is 0.409. The highest BCUT2D eigenvalue weighted by atomic mass is 16.5. The number of nitrogens with zero attached hydrogens (tertiary/aromatic N) is 3. The number of ether oxygens (including phenoxy) is 1. The smallest absolute Gasteiger partial charge is 0.337 e. The molecule has 1 N–H and O–H groups in total. The fourth-order valence-corrected chi connectivity index (χ4v) is 3.91. The molecule has 28 heavy (non-hydrogen) atoms. The molecule has 146 valence electrons. The van der Waals surface area contributed by atoms with Gasteiger partial charge in [0.1, 0.15) is 0 Å². The summed E-state index contributed by atoms with van der Waals surface area (Å²) in [6, 6.07) is 5.96. The van der Waals surface area contributed by atoms with Crippen LogP contribution in [0, 0.1) is 0 Å². The minimum Gasteiger partial charge on any atom is -0.465 e. The molecule has 0 aromatic carbocycles. The van der Waals surface area contributed by atoms with E-state index in [4.69, 9.17) is 4.74 Å². The lowest BCUT2D eigenvalue weighted by Crippen LogP contribution is -2.12. The molecule has 0 aliphatic carbocycles. The van der Waals surface area contributed by atoms with Crippen LogP contribution in [0.1, 0.15) is 48.1 Å². The first kappa shape index (κ1) is 18.6. The Hall–Kier alpha value is -2.73. The van der Waals surface area contributed by atoms with Crippen LogP contribution in [0.3, 0.4) is 0 Å². The molecule has 1 atom stereocenters. The van der Waals surface area contributed by atoms with Crippen molar-refractivity contribution in [3.63, 3.8) is 0 Å². The van der Waals surface area contributed by atoms with Gasteiger partial charge in [-0.25, -0.2) is 4.79 Å². The summed E-state index contributed by atoms with van der Waals surface area (Å²) in [5, 5.41) is 4.68. The molecule has 6 heteroatoms. The van der Waals surface area contributed by atoms with E-state index in [2.05, 4.69) is 39.0 Å². The molecular formula is C22H26N4O2. The van der Waals surface area contributed by atoms with Gasteiger partial charge in [-0.3, -0.25) is 9.97 Å². The zero-order chi connectivity index (χ0) is 19.5. The van der Waals surface area contributed by atoms with Crippen molar-refractivity contribution in [2.75, 3.05) is 20.2 Å². The van der Waals surface area contributed by atoms with Gasteiger partial charge in [0.2, 0.25) is 0 Å². The molecule has 1 unspecified atom stereocenters. The number of unbranched alkanes of at least 4 members (excludes halogenated alkanes) is 1. The zero-order valence-corrected chi connectivity index (χ0v) is 16.4. The van der Waals surface area contributed by atoms with Gasteiger partial charge in [-0.2, -0.15) is 0 Å². The van der Waals surface area contributed by atoms with Gasteiger partial charge < -0.3 is 14.6 Å². The number of hydrogen-bond donors (Lipinski definition) is 1. The van der Waals surface area contributed by atoms with E-state index in [1.165, 1.54) is 36.4 Å². The maximum atomic E-state index is 11.9. The molecule has 4 rings (SSSR count). The van der Waals surface area contributed by atoms with Crippen molar-refractivity contribution in [2.45, 2.75) is 38.6 Å². The molecule has 0 amide bonds. The fourth-order valence-electron chi connectivity index (χ4n) is 3.91. The summed E-state index contributed by atoms with van der Waals surface area (Å²) >= 11 is 0. The van der Waals surface area contributed by atoms with Crippen molar-refractivity contribution in [1.82, 2.24) is 19.9 Å². The van der Waals surface area contributed by atoms with Crippen LogP contribution in [0.2, 0.25) is 0 Å². The van der Waals surface area contributed by atoms with E-state index in [1.54, 1.807) is 18.3 Å². The molecule has 0 saturated carbocycles. The lowest BCUT2D eigenvalue weighted by molar-refractivity contribution is 0.0600. The quantitative estimate of drug-likeness (QED) is 0.662. The van der Waals surface area contributed by atoms with Gasteiger partial charge in [0.05, 0.1) is 29.6 Å². The summed E-state index contributed by atoms with van der Waals surface area (Å²) in [6.07, 6.45) is 10.4. The highest BCUT2D eigenvalue weighted by Crippen LogP contribution is 2.30. The van der Waals surface area contributed by atoms with Gasteiger partial charge in [0, 0.05) is 36.6 Å². The number of nitrogens with one attached hydrogen (secondary N) is 1. The van der Waals surface area contributed by atoms with Crippen molar-refractivity contribution in [2.24, 2.45) is 0 Å². The van der Waals surface area contributed by atoms with E-state index in [0.717, 1.165) is 31.6 Å². The lowest BCUT2D eigenvalue weighted by atomic mass is 10.1. The molecule has 0 bridgehead atoms. The molecule has 1 fully saturated rings. The second-order valence-electron chi connectivity index (χ2n) is 7.32. The molecule has 4 heterocycles. The topological polar surface area (TPSA) is 69.0 Å². The van der Waals surface area contributed by atoms with E-state index >= 15 is 0 Å². The number of fused-ring (bicyclic) bond motifs is 1. The molecule has 1 aliphatic heterocycles. The Morgan fingerprint density at radius 2 is 2.18 bits per heavy atom. The minimum atomic E-state index is -0.369. The second kappa shape index (κ2) is 8.10. The maximum absolute atomic E-state index is 11.9. The minimum absolute atomic E-state index is 0.369. The van der Waals surface area contributed by atoms with Crippen LogP contribution < -0.4 is 5.32 Å². The number of hydrogen-bond acceptors (Lipinski definition) is 5. The number of esters is 1. The number of carbonyl (C=O) groups excluding carboxylic acids is 1. The zero-order valence-electron chi connectivity index (χ0n) is 16.4. The average Bonchev–Trinajstić information content (AvgIpc) is 3.39. The molecule has 0 spiro atoms. The van der Waals surface area contributed by atoms with Gasteiger partial charge in [-0.15, -0.1) is 0 Å². The highest BCUT2D eigenvalue weighted by Gasteiger charge is 2.21. The molecule has 1 saturated heterocycles. The Bertz CT molecular complexity index is 989. The van der Waals surface area contributed by atoms with E-state index in [1.807, 2.05) is 6.20 Å². The third-order valence-corrected chi connectivity index (χ3v) is 5.47. The third kappa shape index (κ3) is 3.52. The van der Waals surface area contributed by atoms with E-state index in [9.17, 15) is 4.79 Å². The van der Waals surface area contributed by atoms with Gasteiger partial charge in [0.15, 0.2) is 0 Å². The average molecular weight is 378 g/mol. The predicted octanol–water partition coefficient (Wildman–Crippen LogP) is 3.76. The summed E-state index contributed by atoms with van der Waals surface area (Å²) in [6.45, 7) is 4.26. The van der Waals surface area contributed by atoms with Crippen LogP contribution in [0.4, 0.5) is 0 Å². The predicted molar refractivity (Wildman–Crippen MR) is 109 cm³/mol. The van der Waals surface area contributed by atoms with Crippen LogP contribution >= 0.6 is 0 Å². The Balaban J connectivity index is 1.79. The first-order chi connectivity index (χ1) is 13.7. The summed E-state index contributed by atoms with van der Waals surface area (Å²) in [4.78, 5) is 21.0. The van der Waals surface area contributed by atoms with Crippen LogP contribution in [-0.2, 0) is 11.2 Å². The Kier molecular flexibility index (Phi) is 5.39. The Morgan fingerprint density at radius 3 is 2.93 bits per heavy atom. The monoisotopic (exact) mass is 378 g/mol. The molecule has 3 aromatic heterocycles. The van der Waals surface area contributed by atoms with Crippen molar-refractivity contribution in [3.8, 4) is 11.4 Å². The van der Waals surface area contributed by atoms with Crippen molar-refractivity contribution in [3.05, 3.63) is 47.9 Å². The highest BCUT2D eigenvalue weighted by molar-refractivity contribution is 5.91. The van der Waals surface area contributed by atoms with E-state index in [-0.39, 0.29) is 5.97 Å². The SMILES string of the molecule is CCCCc1cn(C2CCNC2)c2cc(-c3cc(C(=O)OC)ccn3)ncc12. The first-order valence-corrected chi connectivity index (χ1v) is 9.96. The van der Waals surface area contributed by atoms with Gasteiger partial charge in [-0.05, 0) is 49.6 Å². The number of aromatic nitrogens is 3. The van der Waals surface area contributed by atoms with Crippen LogP contribution in [-0.4, -0.2) is 40.7 Å². The molecule has 6 nitrogen and oxygen atoms in total. The van der Waals surface area contributed by atoms with Crippen molar-refractivity contribution < 1.29 is 9.53 Å². The summed E-state index contributed by atoms with van der Waals surface area (Å²) in [7, 11) is 1.38. The summed E-state index contributed by atoms with van der Waals surface area (Å²) < 4.78 is 7.23. The van der Waals surface area contributed by atoms with Crippen molar-refractivity contribution >= 4 is 16.9 Å². The van der Waals surface area contributed by atoms with Gasteiger partial charge >= 0.3 is 5.97 Å². The summed E-state index contributed by atoms with van der Waals surface area (Å²) in [5.41, 5.74) is 4.48. The summed E-state index contributed by atoms with van der Waals surface area (Å²) in [5.74, 6) is -0.369. The molecule has 0 radical (unpaired) electrons.